The van der Waals surface area contributed by atoms with E-state index in [1.165, 1.54) is 0 Å². The molecule has 1 aromatic heterocycles. The Labute approximate surface area is 105 Å². The molecule has 2 amide bonds. The minimum absolute atomic E-state index is 0.137. The van der Waals surface area contributed by atoms with Crippen LogP contribution < -0.4 is 10.6 Å². The summed E-state index contributed by atoms with van der Waals surface area (Å²) in [7, 11) is 0. The topological polar surface area (TPSA) is 63.2 Å². The van der Waals surface area contributed by atoms with Gasteiger partial charge in [-0.05, 0) is 13.3 Å². The molecule has 0 saturated carbocycles. The van der Waals surface area contributed by atoms with Crippen LogP contribution in [0, 0.1) is 12.8 Å². The van der Waals surface area contributed by atoms with Crippen molar-refractivity contribution < 1.29 is 9.53 Å². The highest BCUT2D eigenvalue weighted by atomic mass is 32.1. The number of hydrogen-bond acceptors (Lipinski definition) is 4. The average Bonchev–Trinajstić information content (AvgIpc) is 2.95. The predicted octanol–water partition coefficient (Wildman–Crippen LogP) is 1.29. The quantitative estimate of drug-likeness (QED) is 0.852. The number of aryl methyl sites for hydroxylation is 1. The summed E-state index contributed by atoms with van der Waals surface area (Å²) in [4.78, 5) is 15.8. The van der Waals surface area contributed by atoms with Gasteiger partial charge in [-0.25, -0.2) is 9.78 Å². The lowest BCUT2D eigenvalue weighted by molar-refractivity contribution is 0.185. The molecule has 1 aliphatic rings. The van der Waals surface area contributed by atoms with Crippen LogP contribution in [0.2, 0.25) is 0 Å². The van der Waals surface area contributed by atoms with Gasteiger partial charge >= 0.3 is 6.03 Å². The van der Waals surface area contributed by atoms with E-state index in [0.29, 0.717) is 19.0 Å². The Kier molecular flexibility index (Phi) is 4.33. The number of nitrogens with one attached hydrogen (secondary N) is 2. The minimum atomic E-state index is -0.137. The second-order valence-electron chi connectivity index (χ2n) is 4.15. The van der Waals surface area contributed by atoms with Crippen LogP contribution in [0.15, 0.2) is 5.38 Å². The van der Waals surface area contributed by atoms with Crippen LogP contribution in [0.4, 0.5) is 4.79 Å². The summed E-state index contributed by atoms with van der Waals surface area (Å²) in [5.41, 5.74) is 0.909. The molecule has 1 saturated heterocycles. The third-order valence-corrected chi connectivity index (χ3v) is 3.49. The van der Waals surface area contributed by atoms with Crippen molar-refractivity contribution in [1.29, 1.82) is 0 Å². The van der Waals surface area contributed by atoms with Crippen LogP contribution >= 0.6 is 11.3 Å². The van der Waals surface area contributed by atoms with Gasteiger partial charge in [0.05, 0.1) is 23.9 Å². The number of aromatic nitrogens is 1. The van der Waals surface area contributed by atoms with E-state index < -0.39 is 0 Å². The molecule has 0 spiro atoms. The van der Waals surface area contributed by atoms with Crippen molar-refractivity contribution in [3.8, 4) is 0 Å². The van der Waals surface area contributed by atoms with Crippen molar-refractivity contribution >= 4 is 17.4 Å². The summed E-state index contributed by atoms with van der Waals surface area (Å²) in [6, 6.07) is -0.137. The van der Waals surface area contributed by atoms with Crippen LogP contribution in [0.3, 0.4) is 0 Å². The molecule has 1 atom stereocenters. The van der Waals surface area contributed by atoms with E-state index in [-0.39, 0.29) is 6.03 Å². The Balaban J connectivity index is 1.63. The molecular formula is C11H17N3O2S. The van der Waals surface area contributed by atoms with Gasteiger partial charge in [0.1, 0.15) is 0 Å². The number of thiazole rings is 1. The molecule has 1 fully saturated rings. The van der Waals surface area contributed by atoms with Crippen LogP contribution in [-0.2, 0) is 11.3 Å². The number of urea groups is 1. The molecule has 1 aromatic rings. The molecule has 6 heteroatoms. The third kappa shape index (κ3) is 3.98. The molecule has 1 aliphatic heterocycles. The zero-order valence-corrected chi connectivity index (χ0v) is 10.7. The zero-order valence-electron chi connectivity index (χ0n) is 9.86. The number of rotatable bonds is 4. The Hall–Kier alpha value is -1.14. The summed E-state index contributed by atoms with van der Waals surface area (Å²) in [6.45, 7) is 4.69. The van der Waals surface area contributed by atoms with Gasteiger partial charge in [0.15, 0.2) is 0 Å². The second-order valence-corrected chi connectivity index (χ2v) is 5.21. The summed E-state index contributed by atoms with van der Waals surface area (Å²) in [5, 5.41) is 8.61. The molecule has 2 heterocycles. The molecule has 17 heavy (non-hydrogen) atoms. The first-order valence-corrected chi connectivity index (χ1v) is 6.62. The van der Waals surface area contributed by atoms with Gasteiger partial charge in [-0.1, -0.05) is 0 Å². The molecule has 94 valence electrons. The maximum Gasteiger partial charge on any atom is 0.315 e. The van der Waals surface area contributed by atoms with Gasteiger partial charge in [-0.15, -0.1) is 11.3 Å². The summed E-state index contributed by atoms with van der Waals surface area (Å²) < 4.78 is 5.24. The maximum atomic E-state index is 11.5. The van der Waals surface area contributed by atoms with E-state index in [2.05, 4.69) is 15.6 Å². The number of ether oxygens (including phenoxy) is 1. The Bertz CT molecular complexity index is 375. The molecule has 5 nitrogen and oxygen atoms in total. The summed E-state index contributed by atoms with van der Waals surface area (Å²) >= 11 is 1.59. The van der Waals surface area contributed by atoms with Crippen LogP contribution in [-0.4, -0.2) is 30.8 Å². The lowest BCUT2D eigenvalue weighted by Gasteiger charge is -2.09. The molecule has 2 N–H and O–H groups in total. The van der Waals surface area contributed by atoms with E-state index in [1.54, 1.807) is 11.3 Å². The summed E-state index contributed by atoms with van der Waals surface area (Å²) in [6.07, 6.45) is 1.03. The highest BCUT2D eigenvalue weighted by Crippen LogP contribution is 2.10. The van der Waals surface area contributed by atoms with Gasteiger partial charge < -0.3 is 15.4 Å². The monoisotopic (exact) mass is 255 g/mol. The third-order valence-electron chi connectivity index (χ3n) is 2.67. The highest BCUT2D eigenvalue weighted by Gasteiger charge is 2.16. The Morgan fingerprint density at radius 3 is 3.18 bits per heavy atom. The van der Waals surface area contributed by atoms with Crippen molar-refractivity contribution in [2.75, 3.05) is 19.8 Å². The Morgan fingerprint density at radius 2 is 2.53 bits per heavy atom. The number of carbonyl (C=O) groups is 1. The fourth-order valence-electron chi connectivity index (χ4n) is 1.70. The second kappa shape index (κ2) is 5.97. The molecular weight excluding hydrogens is 238 g/mol. The van der Waals surface area contributed by atoms with Gasteiger partial charge in [-0.3, -0.25) is 0 Å². The first-order valence-electron chi connectivity index (χ1n) is 5.74. The van der Waals surface area contributed by atoms with E-state index in [1.807, 2.05) is 12.3 Å². The minimum Gasteiger partial charge on any atom is -0.381 e. The van der Waals surface area contributed by atoms with Crippen molar-refractivity contribution in [3.63, 3.8) is 0 Å². The molecule has 0 bridgehead atoms. The standard InChI is InChI=1S/C11H17N3O2S/c1-8-14-10(7-17-8)5-13-11(15)12-4-9-2-3-16-6-9/h7,9H,2-6H2,1H3,(H2,12,13,15). The lowest BCUT2D eigenvalue weighted by Crippen LogP contribution is -2.38. The van der Waals surface area contributed by atoms with E-state index in [9.17, 15) is 4.79 Å². The molecule has 1 unspecified atom stereocenters. The van der Waals surface area contributed by atoms with Crippen LogP contribution in [0.25, 0.3) is 0 Å². The molecule has 2 rings (SSSR count). The van der Waals surface area contributed by atoms with Gasteiger partial charge in [0, 0.05) is 24.4 Å². The normalized spacial score (nSPS) is 19.2. The van der Waals surface area contributed by atoms with Crippen molar-refractivity contribution in [2.45, 2.75) is 19.9 Å². The van der Waals surface area contributed by atoms with Crippen molar-refractivity contribution in [1.82, 2.24) is 15.6 Å². The molecule has 0 radical (unpaired) electrons. The number of carbonyl (C=O) groups excluding carboxylic acids is 1. The number of nitrogens with zero attached hydrogens (tertiary/aromatic N) is 1. The van der Waals surface area contributed by atoms with Crippen molar-refractivity contribution in [2.24, 2.45) is 5.92 Å². The van der Waals surface area contributed by atoms with Crippen LogP contribution in [0.1, 0.15) is 17.1 Å². The van der Waals surface area contributed by atoms with Crippen LogP contribution in [0.5, 0.6) is 0 Å². The highest BCUT2D eigenvalue weighted by molar-refractivity contribution is 7.09. The van der Waals surface area contributed by atoms with Gasteiger partial charge in [0.2, 0.25) is 0 Å². The zero-order chi connectivity index (χ0) is 12.1. The first kappa shape index (κ1) is 12.3. The smallest absolute Gasteiger partial charge is 0.315 e. The van der Waals surface area contributed by atoms with Gasteiger partial charge in [0.25, 0.3) is 0 Å². The van der Waals surface area contributed by atoms with Gasteiger partial charge in [-0.2, -0.15) is 0 Å². The summed E-state index contributed by atoms with van der Waals surface area (Å²) in [5.74, 6) is 0.460. The molecule has 0 aliphatic carbocycles. The number of amides is 2. The number of hydrogen-bond donors (Lipinski definition) is 2. The maximum absolute atomic E-state index is 11.5. The fourth-order valence-corrected chi connectivity index (χ4v) is 2.32. The lowest BCUT2D eigenvalue weighted by atomic mass is 10.1. The van der Waals surface area contributed by atoms with E-state index >= 15 is 0 Å². The predicted molar refractivity (Wildman–Crippen MR) is 66.0 cm³/mol. The first-order chi connectivity index (χ1) is 8.24. The fraction of sp³-hybridized carbons (Fsp3) is 0.636. The largest absolute Gasteiger partial charge is 0.381 e. The average molecular weight is 255 g/mol. The molecule has 0 aromatic carbocycles. The van der Waals surface area contributed by atoms with E-state index in [4.69, 9.17) is 4.74 Å². The van der Waals surface area contributed by atoms with Crippen molar-refractivity contribution in [3.05, 3.63) is 16.1 Å². The Morgan fingerprint density at radius 1 is 1.65 bits per heavy atom. The van der Waals surface area contributed by atoms with E-state index in [0.717, 1.165) is 30.3 Å². The SMILES string of the molecule is Cc1nc(CNC(=O)NCC2CCOC2)cs1.